The van der Waals surface area contributed by atoms with E-state index in [4.69, 9.17) is 0 Å². The van der Waals surface area contributed by atoms with E-state index in [1.807, 2.05) is 17.9 Å². The first-order valence-corrected chi connectivity index (χ1v) is 9.80. The largest absolute Gasteiger partial charge is 0.352 e. The SMILES string of the molecule is CC1CNC(=O)c2cnn3ccc(nc23)N2CCCC2c2cc(F)cn(c2=O)C1. The lowest BCUT2D eigenvalue weighted by Crippen LogP contribution is -2.36. The van der Waals surface area contributed by atoms with Gasteiger partial charge in [-0.3, -0.25) is 9.59 Å². The van der Waals surface area contributed by atoms with Gasteiger partial charge < -0.3 is 14.8 Å². The van der Waals surface area contributed by atoms with Gasteiger partial charge in [0.25, 0.3) is 11.5 Å². The van der Waals surface area contributed by atoms with Gasteiger partial charge in [-0.25, -0.2) is 13.9 Å². The fourth-order valence-electron chi connectivity index (χ4n) is 4.30. The smallest absolute Gasteiger partial charge is 0.256 e. The second-order valence-electron chi connectivity index (χ2n) is 7.85. The highest BCUT2D eigenvalue weighted by molar-refractivity contribution is 5.99. The predicted octanol–water partition coefficient (Wildman–Crippen LogP) is 1.75. The van der Waals surface area contributed by atoms with Crippen molar-refractivity contribution in [3.8, 4) is 0 Å². The number of nitrogens with one attached hydrogen (secondary N) is 1. The third kappa shape index (κ3) is 2.97. The molecule has 2 aliphatic heterocycles. The maximum atomic E-state index is 14.4. The van der Waals surface area contributed by atoms with E-state index in [0.717, 1.165) is 12.8 Å². The van der Waals surface area contributed by atoms with Gasteiger partial charge in [-0.1, -0.05) is 6.92 Å². The second kappa shape index (κ2) is 6.68. The fourth-order valence-corrected chi connectivity index (χ4v) is 4.30. The summed E-state index contributed by atoms with van der Waals surface area (Å²) in [6.07, 6.45) is 6.13. The zero-order valence-corrected chi connectivity index (χ0v) is 16.0. The van der Waals surface area contributed by atoms with Crippen LogP contribution in [0.4, 0.5) is 10.2 Å². The van der Waals surface area contributed by atoms with E-state index in [1.165, 1.54) is 23.0 Å². The van der Waals surface area contributed by atoms with Gasteiger partial charge in [-0.15, -0.1) is 0 Å². The fraction of sp³-hybridized carbons (Fsp3) is 0.400. The van der Waals surface area contributed by atoms with Crippen molar-refractivity contribution >= 4 is 17.4 Å². The van der Waals surface area contributed by atoms with Gasteiger partial charge in [0.2, 0.25) is 0 Å². The maximum Gasteiger partial charge on any atom is 0.256 e. The van der Waals surface area contributed by atoms with E-state index in [-0.39, 0.29) is 23.4 Å². The highest BCUT2D eigenvalue weighted by atomic mass is 19.1. The quantitative estimate of drug-likeness (QED) is 0.626. The Bertz CT molecular complexity index is 1170. The van der Waals surface area contributed by atoms with Crippen LogP contribution < -0.4 is 15.8 Å². The molecule has 8 nitrogen and oxygen atoms in total. The summed E-state index contributed by atoms with van der Waals surface area (Å²) in [5.74, 6) is -0.107. The highest BCUT2D eigenvalue weighted by Gasteiger charge is 2.31. The number of anilines is 1. The molecule has 0 radical (unpaired) electrons. The van der Waals surface area contributed by atoms with E-state index in [1.54, 1.807) is 10.7 Å². The Labute approximate surface area is 166 Å². The summed E-state index contributed by atoms with van der Waals surface area (Å²) in [6, 6.07) is 2.91. The number of amides is 1. The van der Waals surface area contributed by atoms with Crippen molar-refractivity contribution in [1.29, 1.82) is 0 Å². The predicted molar refractivity (Wildman–Crippen MR) is 104 cm³/mol. The van der Waals surface area contributed by atoms with Crippen molar-refractivity contribution in [3.05, 3.63) is 58.0 Å². The molecule has 4 bridgehead atoms. The molecular weight excluding hydrogens is 375 g/mol. The third-order valence-electron chi connectivity index (χ3n) is 5.70. The summed E-state index contributed by atoms with van der Waals surface area (Å²) in [5, 5.41) is 7.10. The first-order valence-electron chi connectivity index (χ1n) is 9.80. The molecule has 0 spiro atoms. The second-order valence-corrected chi connectivity index (χ2v) is 7.85. The number of carbonyl (C=O) groups excluding carboxylic acids is 1. The van der Waals surface area contributed by atoms with E-state index in [9.17, 15) is 14.0 Å². The van der Waals surface area contributed by atoms with Crippen LogP contribution in [0.2, 0.25) is 0 Å². The average molecular weight is 396 g/mol. The molecule has 2 atom stereocenters. The minimum Gasteiger partial charge on any atom is -0.352 e. The maximum absolute atomic E-state index is 14.4. The number of fused-ring (bicyclic) bond motifs is 6. The van der Waals surface area contributed by atoms with E-state index >= 15 is 0 Å². The van der Waals surface area contributed by atoms with Gasteiger partial charge in [0.05, 0.1) is 12.2 Å². The van der Waals surface area contributed by atoms with E-state index in [0.29, 0.717) is 42.2 Å². The molecular formula is C20H21FN6O2. The number of halogens is 1. The molecule has 5 rings (SSSR count). The van der Waals surface area contributed by atoms with Crippen molar-refractivity contribution in [2.24, 2.45) is 5.92 Å². The van der Waals surface area contributed by atoms with Crippen molar-refractivity contribution in [2.45, 2.75) is 32.4 Å². The molecule has 2 aliphatic rings. The number of nitrogens with zero attached hydrogens (tertiary/aromatic N) is 5. The molecule has 1 amide bonds. The van der Waals surface area contributed by atoms with Crippen LogP contribution in [-0.4, -0.2) is 38.2 Å². The van der Waals surface area contributed by atoms with E-state index < -0.39 is 5.82 Å². The normalized spacial score (nSPS) is 21.9. The Kier molecular flexibility index (Phi) is 4.11. The lowest BCUT2D eigenvalue weighted by atomic mass is 10.1. The Morgan fingerprint density at radius 2 is 2.17 bits per heavy atom. The van der Waals surface area contributed by atoms with Gasteiger partial charge in [0, 0.05) is 37.6 Å². The molecule has 1 fully saturated rings. The standard InChI is InChI=1S/C20H21FN6O2/c1-12-8-22-19(28)15-9-23-27-6-4-17(24-18(15)27)26-5-2-3-16(26)14-7-13(21)11-25(10-12)20(14)29/h4,6-7,9,11-12,16H,2-3,5,8,10H2,1H3,(H,22,28). The van der Waals surface area contributed by atoms with Crippen LogP contribution >= 0.6 is 0 Å². The molecule has 1 saturated heterocycles. The molecule has 0 saturated carbocycles. The molecule has 0 aromatic carbocycles. The van der Waals surface area contributed by atoms with Crippen LogP contribution in [-0.2, 0) is 6.54 Å². The zero-order chi connectivity index (χ0) is 20.1. The molecule has 150 valence electrons. The monoisotopic (exact) mass is 396 g/mol. The number of carbonyl (C=O) groups is 1. The van der Waals surface area contributed by atoms with Crippen LogP contribution in [0.15, 0.2) is 35.5 Å². The summed E-state index contributed by atoms with van der Waals surface area (Å²) >= 11 is 0. The minimum atomic E-state index is -0.434. The van der Waals surface area contributed by atoms with Crippen molar-refractivity contribution < 1.29 is 9.18 Å². The summed E-state index contributed by atoms with van der Waals surface area (Å²) in [4.78, 5) is 32.5. The molecule has 29 heavy (non-hydrogen) atoms. The van der Waals surface area contributed by atoms with Crippen molar-refractivity contribution in [1.82, 2.24) is 24.5 Å². The summed E-state index contributed by atoms with van der Waals surface area (Å²) in [7, 11) is 0. The molecule has 3 aromatic rings. The lowest BCUT2D eigenvalue weighted by molar-refractivity contribution is 0.0948. The highest BCUT2D eigenvalue weighted by Crippen LogP contribution is 2.34. The molecule has 0 aliphatic carbocycles. The molecule has 5 heterocycles. The van der Waals surface area contributed by atoms with Gasteiger partial charge in [-0.05, 0) is 30.9 Å². The topological polar surface area (TPSA) is 84.5 Å². The number of aromatic nitrogens is 4. The molecule has 3 aromatic heterocycles. The van der Waals surface area contributed by atoms with Gasteiger partial charge >= 0.3 is 0 Å². The third-order valence-corrected chi connectivity index (χ3v) is 5.70. The minimum absolute atomic E-state index is 0.0562. The first kappa shape index (κ1) is 17.8. The molecule has 1 N–H and O–H groups in total. The average Bonchev–Trinajstić information content (AvgIpc) is 3.34. The molecule has 9 heteroatoms. The van der Waals surface area contributed by atoms with Crippen LogP contribution in [0.3, 0.4) is 0 Å². The number of rotatable bonds is 0. The van der Waals surface area contributed by atoms with Crippen LogP contribution in [0.1, 0.15) is 41.7 Å². The molecule has 2 unspecified atom stereocenters. The van der Waals surface area contributed by atoms with Gasteiger partial charge in [0.15, 0.2) is 5.65 Å². The Morgan fingerprint density at radius 1 is 1.31 bits per heavy atom. The van der Waals surface area contributed by atoms with Crippen LogP contribution in [0.5, 0.6) is 0 Å². The Hall–Kier alpha value is -3.23. The number of hydrogen-bond acceptors (Lipinski definition) is 5. The van der Waals surface area contributed by atoms with Crippen molar-refractivity contribution in [3.63, 3.8) is 0 Å². The zero-order valence-electron chi connectivity index (χ0n) is 16.0. The van der Waals surface area contributed by atoms with Crippen LogP contribution in [0.25, 0.3) is 5.65 Å². The number of hydrogen-bond donors (Lipinski definition) is 1. The van der Waals surface area contributed by atoms with Crippen molar-refractivity contribution in [2.75, 3.05) is 18.0 Å². The van der Waals surface area contributed by atoms with Crippen LogP contribution in [0, 0.1) is 11.7 Å². The Morgan fingerprint density at radius 3 is 3.03 bits per heavy atom. The number of pyridine rings is 1. The first-order chi connectivity index (χ1) is 14.0. The summed E-state index contributed by atoms with van der Waals surface area (Å²) in [6.45, 7) is 3.29. The van der Waals surface area contributed by atoms with Gasteiger partial charge in [0.1, 0.15) is 17.2 Å². The lowest BCUT2D eigenvalue weighted by Gasteiger charge is -2.26. The Balaban J connectivity index is 1.71. The van der Waals surface area contributed by atoms with E-state index in [2.05, 4.69) is 15.4 Å². The van der Waals surface area contributed by atoms with Gasteiger partial charge in [-0.2, -0.15) is 5.10 Å². The summed E-state index contributed by atoms with van der Waals surface area (Å²) < 4.78 is 17.4. The summed E-state index contributed by atoms with van der Waals surface area (Å²) in [5.41, 5.74) is 1.14.